The van der Waals surface area contributed by atoms with E-state index in [1.807, 2.05) is 32.0 Å². The molecule has 0 aliphatic carbocycles. The number of nitrogens with zero attached hydrogens (tertiary/aromatic N) is 8. The molecule has 4 heterocycles. The number of methoxy groups -OCH3 is 3. The second kappa shape index (κ2) is 11.1. The Morgan fingerprint density at radius 2 is 1.71 bits per heavy atom. The third kappa shape index (κ3) is 5.15. The molecule has 0 aliphatic rings. The molecule has 1 N–H and O–H groups in total. The van der Waals surface area contributed by atoms with Crippen LogP contribution in [0.3, 0.4) is 0 Å². The van der Waals surface area contributed by atoms with Crippen molar-refractivity contribution in [2.24, 2.45) is 0 Å². The van der Waals surface area contributed by atoms with Crippen molar-refractivity contribution >= 4 is 17.9 Å². The fourth-order valence-electron chi connectivity index (χ4n) is 3.37. The molecule has 0 saturated heterocycles. The van der Waals surface area contributed by atoms with Gasteiger partial charge < -0.3 is 14.2 Å². The van der Waals surface area contributed by atoms with E-state index in [9.17, 15) is 0 Å². The lowest BCUT2D eigenvalue weighted by Gasteiger charge is -2.22. The summed E-state index contributed by atoms with van der Waals surface area (Å²) in [5.74, 6) is 1.44. The maximum Gasteiger partial charge on any atom is 0.245 e. The van der Waals surface area contributed by atoms with Crippen molar-refractivity contribution < 1.29 is 14.2 Å². The second-order valence-electron chi connectivity index (χ2n) is 7.30. The van der Waals surface area contributed by atoms with E-state index in [1.165, 1.54) is 32.5 Å². The molecule has 4 rings (SSSR count). The van der Waals surface area contributed by atoms with Gasteiger partial charge in [0.2, 0.25) is 17.7 Å². The highest BCUT2D eigenvalue weighted by atomic mass is 32.2. The molecule has 0 aromatic carbocycles. The number of anilines is 1. The molecular formula is C22H25N9O3S. The van der Waals surface area contributed by atoms with Crippen LogP contribution in [0.15, 0.2) is 43.1 Å². The Hall–Kier alpha value is -3.84. The van der Waals surface area contributed by atoms with Crippen molar-refractivity contribution in [3.63, 3.8) is 0 Å². The number of pyridine rings is 1. The van der Waals surface area contributed by atoms with E-state index >= 15 is 0 Å². The lowest BCUT2D eigenvalue weighted by molar-refractivity contribution is 0.101. The second-order valence-corrected chi connectivity index (χ2v) is 8.49. The monoisotopic (exact) mass is 495 g/mol. The van der Waals surface area contributed by atoms with Crippen LogP contribution in [0.1, 0.15) is 24.4 Å². The van der Waals surface area contributed by atoms with Crippen LogP contribution in [0, 0.1) is 6.92 Å². The van der Waals surface area contributed by atoms with Crippen LogP contribution in [0.2, 0.25) is 0 Å². The molecular weight excluding hydrogens is 470 g/mol. The van der Waals surface area contributed by atoms with Crippen LogP contribution in [-0.4, -0.2) is 66.3 Å². The molecule has 4 aromatic rings. The Balaban J connectivity index is 1.71. The Kier molecular flexibility index (Phi) is 7.67. The number of ether oxygens (including phenoxy) is 3. The molecule has 35 heavy (non-hydrogen) atoms. The van der Waals surface area contributed by atoms with Crippen molar-refractivity contribution in [2.75, 3.05) is 26.1 Å². The first kappa shape index (κ1) is 24.3. The molecule has 0 spiro atoms. The summed E-state index contributed by atoms with van der Waals surface area (Å²) in [6, 6.07) is 5.53. The van der Waals surface area contributed by atoms with Gasteiger partial charge in [0.25, 0.3) is 0 Å². The van der Waals surface area contributed by atoms with Crippen molar-refractivity contribution in [1.82, 2.24) is 39.7 Å². The minimum Gasteiger partial charge on any atom is -0.479 e. The summed E-state index contributed by atoms with van der Waals surface area (Å²) in [4.78, 5) is 21.7. The summed E-state index contributed by atoms with van der Waals surface area (Å²) in [7, 11) is 4.68. The van der Waals surface area contributed by atoms with Gasteiger partial charge in [0.1, 0.15) is 18.1 Å². The fourth-order valence-corrected chi connectivity index (χ4v) is 4.17. The lowest BCUT2D eigenvalue weighted by atomic mass is 10.2. The molecule has 2 unspecified atom stereocenters. The number of hydrogen-bond acceptors (Lipinski definition) is 12. The van der Waals surface area contributed by atoms with Gasteiger partial charge in [0.15, 0.2) is 11.5 Å². The first-order valence-electron chi connectivity index (χ1n) is 10.6. The zero-order chi connectivity index (χ0) is 24.8. The summed E-state index contributed by atoms with van der Waals surface area (Å²) < 4.78 is 21.7. The van der Waals surface area contributed by atoms with Crippen LogP contribution in [0.5, 0.6) is 11.8 Å². The highest BCUT2D eigenvalue weighted by molar-refractivity contribution is 8.01. The van der Waals surface area contributed by atoms with Crippen LogP contribution >= 0.6 is 11.9 Å². The first-order valence-corrected chi connectivity index (χ1v) is 11.5. The van der Waals surface area contributed by atoms with Crippen molar-refractivity contribution in [1.29, 1.82) is 0 Å². The Morgan fingerprint density at radius 1 is 0.943 bits per heavy atom. The van der Waals surface area contributed by atoms with E-state index in [4.69, 9.17) is 14.2 Å². The molecule has 2 atom stereocenters. The predicted molar refractivity (Wildman–Crippen MR) is 130 cm³/mol. The van der Waals surface area contributed by atoms with E-state index in [-0.39, 0.29) is 11.4 Å². The van der Waals surface area contributed by atoms with E-state index in [0.29, 0.717) is 34.9 Å². The molecule has 182 valence electrons. The van der Waals surface area contributed by atoms with E-state index in [2.05, 4.69) is 39.8 Å². The third-order valence-electron chi connectivity index (χ3n) is 5.03. The number of aromatic nitrogens is 8. The number of rotatable bonds is 10. The van der Waals surface area contributed by atoms with Gasteiger partial charge >= 0.3 is 0 Å². The zero-order valence-electron chi connectivity index (χ0n) is 19.9. The molecule has 0 saturated carbocycles. The van der Waals surface area contributed by atoms with E-state index in [1.54, 1.807) is 30.3 Å². The summed E-state index contributed by atoms with van der Waals surface area (Å²) in [6.07, 6.45) is 6.17. The average Bonchev–Trinajstić information content (AvgIpc) is 3.32. The number of hydrogen-bond donors (Lipinski definition) is 1. The lowest BCUT2D eigenvalue weighted by Crippen LogP contribution is -2.18. The highest BCUT2D eigenvalue weighted by Gasteiger charge is 2.27. The Bertz CT molecular complexity index is 1230. The van der Waals surface area contributed by atoms with Crippen molar-refractivity contribution in [3.05, 3.63) is 54.5 Å². The van der Waals surface area contributed by atoms with E-state index in [0.717, 1.165) is 11.4 Å². The van der Waals surface area contributed by atoms with Gasteiger partial charge in [-0.1, -0.05) is 6.07 Å². The van der Waals surface area contributed by atoms with Crippen LogP contribution < -0.4 is 14.2 Å². The number of nitrogens with one attached hydrogen (secondary N) is 1. The Labute approximate surface area is 206 Å². The van der Waals surface area contributed by atoms with Crippen LogP contribution in [0.4, 0.5) is 5.95 Å². The topological polar surface area (TPSA) is 135 Å². The standard InChI is InChI=1S/C22H25N9O3S/c1-13-10-25-16(11-24-13)18(32-3)14(2)35-30-22-29-28-19(15-8-6-7-9-23-15)31(22)17-20(33-4)26-12-27-21(17)34-5/h6-12,14,18H,1-5H3,(H,29,30). The molecule has 0 bridgehead atoms. The van der Waals surface area contributed by atoms with Gasteiger partial charge in [-0.3, -0.25) is 19.7 Å². The van der Waals surface area contributed by atoms with Gasteiger partial charge in [0, 0.05) is 19.5 Å². The average molecular weight is 496 g/mol. The van der Waals surface area contributed by atoms with Crippen LogP contribution in [0.25, 0.3) is 17.2 Å². The minimum atomic E-state index is -0.309. The van der Waals surface area contributed by atoms with Crippen molar-refractivity contribution in [2.45, 2.75) is 25.2 Å². The minimum absolute atomic E-state index is 0.0729. The van der Waals surface area contributed by atoms with Crippen LogP contribution in [-0.2, 0) is 4.74 Å². The van der Waals surface area contributed by atoms with Gasteiger partial charge in [-0.2, -0.15) is 9.97 Å². The first-order chi connectivity index (χ1) is 17.1. The molecule has 0 aliphatic heterocycles. The molecule has 12 nitrogen and oxygen atoms in total. The summed E-state index contributed by atoms with van der Waals surface area (Å²) >= 11 is 1.40. The maximum atomic E-state index is 5.71. The normalized spacial score (nSPS) is 12.7. The summed E-state index contributed by atoms with van der Waals surface area (Å²) in [5.41, 5.74) is 2.61. The Morgan fingerprint density at radius 3 is 2.31 bits per heavy atom. The molecule has 13 heteroatoms. The van der Waals surface area contributed by atoms with Gasteiger partial charge in [-0.05, 0) is 37.9 Å². The molecule has 0 radical (unpaired) electrons. The zero-order valence-corrected chi connectivity index (χ0v) is 20.7. The molecule has 0 amide bonds. The molecule has 0 fully saturated rings. The van der Waals surface area contributed by atoms with Gasteiger partial charge in [-0.15, -0.1) is 10.2 Å². The summed E-state index contributed by atoms with van der Waals surface area (Å²) in [6.45, 7) is 3.90. The van der Waals surface area contributed by atoms with E-state index < -0.39 is 0 Å². The van der Waals surface area contributed by atoms with Crippen molar-refractivity contribution in [3.8, 4) is 29.0 Å². The van der Waals surface area contributed by atoms with Gasteiger partial charge in [0.05, 0.1) is 37.1 Å². The SMILES string of the molecule is COc1ncnc(OC)c1-n1c(NSC(C)C(OC)c2cnc(C)cn2)nnc1-c1ccccn1. The quantitative estimate of drug-likeness (QED) is 0.324. The molecule has 4 aromatic heterocycles. The maximum absolute atomic E-state index is 5.71. The third-order valence-corrected chi connectivity index (χ3v) is 5.95. The van der Waals surface area contributed by atoms with Gasteiger partial charge in [-0.25, -0.2) is 4.57 Å². The smallest absolute Gasteiger partial charge is 0.245 e. The number of aryl methyl sites for hydroxylation is 1. The largest absolute Gasteiger partial charge is 0.479 e. The highest BCUT2D eigenvalue weighted by Crippen LogP contribution is 2.36. The predicted octanol–water partition coefficient (Wildman–Crippen LogP) is 3.07. The fraction of sp³-hybridized carbons (Fsp3) is 0.318. The summed E-state index contributed by atoms with van der Waals surface area (Å²) in [5, 5.41) is 8.67.